The number of aliphatic hydroxyl groups is 1. The fourth-order valence-corrected chi connectivity index (χ4v) is 3.74. The summed E-state index contributed by atoms with van der Waals surface area (Å²) >= 11 is 0. The second kappa shape index (κ2) is 4.78. The van der Waals surface area contributed by atoms with Crippen molar-refractivity contribution in [3.05, 3.63) is 23.3 Å². The minimum atomic E-state index is -0.276. The van der Waals surface area contributed by atoms with Gasteiger partial charge >= 0.3 is 0 Å². The second-order valence-electron chi connectivity index (χ2n) is 5.67. The van der Waals surface area contributed by atoms with Gasteiger partial charge in [0.2, 0.25) is 0 Å². The van der Waals surface area contributed by atoms with Crippen LogP contribution in [0.1, 0.15) is 24.8 Å². The van der Waals surface area contributed by atoms with Crippen molar-refractivity contribution < 1.29 is 15.0 Å². The Hall–Kier alpha value is -2.00. The molecule has 2 fully saturated rings. The van der Waals surface area contributed by atoms with E-state index >= 15 is 0 Å². The highest BCUT2D eigenvalue weighted by Crippen LogP contribution is 2.44. The zero-order valence-electron chi connectivity index (χ0n) is 11.4. The zero-order valence-corrected chi connectivity index (χ0v) is 12.4. The quantitative estimate of drug-likeness (QED) is 0.209. The molecule has 2 aliphatic rings. The number of carbonyl (C=O) groups is 1. The van der Waals surface area contributed by atoms with Crippen LogP contribution in [0.4, 0.5) is 11.4 Å². The van der Waals surface area contributed by atoms with Gasteiger partial charge in [0.1, 0.15) is 5.76 Å². The standard InChI is InChI=1S/C15H17N2O3P/c16-9-4-3-8(11(17)14(9)20)13(19)10-12(18)6-1-2-7(5-6)15(10)21/h3-4,6-7,19-21H,1-2,5,16-17H2. The van der Waals surface area contributed by atoms with E-state index < -0.39 is 0 Å². The summed E-state index contributed by atoms with van der Waals surface area (Å²) in [5.41, 5.74) is 12.0. The van der Waals surface area contributed by atoms with Crippen molar-refractivity contribution in [1.29, 1.82) is 0 Å². The molecule has 2 saturated carbocycles. The van der Waals surface area contributed by atoms with Crippen LogP contribution in [0.25, 0.3) is 5.76 Å². The topological polar surface area (TPSA) is 110 Å². The van der Waals surface area contributed by atoms with Crippen LogP contribution in [0.2, 0.25) is 0 Å². The van der Waals surface area contributed by atoms with Gasteiger partial charge in [-0.25, -0.2) is 0 Å². The number of hydrogen-bond donors (Lipinski definition) is 4. The molecule has 0 radical (unpaired) electrons. The number of Topliss-reactive ketones (excluding diaryl/α,β-unsaturated/α-hetero) is 1. The maximum atomic E-state index is 12.5. The summed E-state index contributed by atoms with van der Waals surface area (Å²) in [7, 11) is 3.51. The fraction of sp³-hybridized carbons (Fsp3) is 0.333. The lowest BCUT2D eigenvalue weighted by Crippen LogP contribution is -2.28. The predicted octanol–water partition coefficient (Wildman–Crippen LogP) is 2.14. The van der Waals surface area contributed by atoms with Crippen LogP contribution in [0.5, 0.6) is 5.75 Å². The maximum absolute atomic E-state index is 12.5. The average Bonchev–Trinajstić information content (AvgIpc) is 2.90. The van der Waals surface area contributed by atoms with Gasteiger partial charge in [0.25, 0.3) is 0 Å². The average molecular weight is 304 g/mol. The number of carbonyl (C=O) groups excluding carboxylic acids is 1. The lowest BCUT2D eigenvalue weighted by Gasteiger charge is -2.24. The summed E-state index contributed by atoms with van der Waals surface area (Å²) in [5, 5.41) is 21.0. The van der Waals surface area contributed by atoms with Crippen LogP contribution in [-0.4, -0.2) is 21.3 Å². The van der Waals surface area contributed by atoms with E-state index in [0.717, 1.165) is 24.6 Å². The number of hydrogen-bond acceptors (Lipinski definition) is 5. The number of ketones is 1. The molecule has 2 aliphatic carbocycles. The molecule has 5 nitrogen and oxygen atoms in total. The highest BCUT2D eigenvalue weighted by atomic mass is 31.0. The van der Waals surface area contributed by atoms with E-state index in [1.807, 2.05) is 0 Å². The summed E-state index contributed by atoms with van der Waals surface area (Å²) in [6, 6.07) is 2.96. The highest BCUT2D eigenvalue weighted by Gasteiger charge is 2.42. The highest BCUT2D eigenvalue weighted by molar-refractivity contribution is 7.22. The van der Waals surface area contributed by atoms with E-state index in [-0.39, 0.29) is 51.6 Å². The first-order chi connectivity index (χ1) is 9.91. The van der Waals surface area contributed by atoms with Gasteiger partial charge in [0.05, 0.1) is 16.9 Å². The molecule has 0 saturated heterocycles. The van der Waals surface area contributed by atoms with E-state index in [9.17, 15) is 15.0 Å². The summed E-state index contributed by atoms with van der Waals surface area (Å²) in [5.74, 6) is -0.307. The molecule has 2 unspecified atom stereocenters. The van der Waals surface area contributed by atoms with Gasteiger partial charge in [-0.2, -0.15) is 0 Å². The van der Waals surface area contributed by atoms with Crippen LogP contribution in [-0.2, 0) is 4.79 Å². The molecule has 2 bridgehead atoms. The molecule has 1 aromatic carbocycles. The third-order valence-corrected chi connectivity index (χ3v) is 5.13. The summed E-state index contributed by atoms with van der Waals surface area (Å²) < 4.78 is 0. The first-order valence-corrected chi connectivity index (χ1v) is 7.35. The molecule has 110 valence electrons. The van der Waals surface area contributed by atoms with Gasteiger partial charge in [-0.05, 0) is 42.6 Å². The molecule has 21 heavy (non-hydrogen) atoms. The molecular formula is C15H17N2O3P. The Morgan fingerprint density at radius 3 is 2.62 bits per heavy atom. The largest absolute Gasteiger partial charge is 0.506 e. The molecule has 0 amide bonds. The molecule has 6 N–H and O–H groups in total. The Morgan fingerprint density at radius 2 is 1.90 bits per heavy atom. The SMILES string of the molecule is Nc1ccc(C(O)=C2C(=O)C3CCC(C3)C2=P)c(N)c1O. The monoisotopic (exact) mass is 304 g/mol. The van der Waals surface area contributed by atoms with Crippen molar-refractivity contribution in [1.82, 2.24) is 0 Å². The minimum Gasteiger partial charge on any atom is -0.506 e. The fourth-order valence-electron chi connectivity index (χ4n) is 3.23. The number of nitrogens with two attached hydrogens (primary N) is 2. The van der Waals surface area contributed by atoms with Crippen molar-refractivity contribution in [3.63, 3.8) is 0 Å². The number of allylic oxidation sites excluding steroid dienone is 1. The van der Waals surface area contributed by atoms with Crippen LogP contribution < -0.4 is 11.5 Å². The van der Waals surface area contributed by atoms with Crippen LogP contribution in [0.3, 0.4) is 0 Å². The van der Waals surface area contributed by atoms with Gasteiger partial charge in [0, 0.05) is 11.5 Å². The van der Waals surface area contributed by atoms with Crippen LogP contribution in [0.15, 0.2) is 17.7 Å². The first kappa shape index (κ1) is 14.0. The number of anilines is 2. The molecular weight excluding hydrogens is 287 g/mol. The van der Waals surface area contributed by atoms with Crippen molar-refractivity contribution >= 4 is 37.1 Å². The number of fused-ring (bicyclic) bond motifs is 2. The Bertz CT molecular complexity index is 672. The Labute approximate surface area is 124 Å². The third-order valence-electron chi connectivity index (χ3n) is 4.47. The molecule has 0 aliphatic heterocycles. The van der Waals surface area contributed by atoms with Crippen molar-refractivity contribution in [2.45, 2.75) is 19.3 Å². The molecule has 1 aromatic rings. The molecule has 0 heterocycles. The molecule has 2 atom stereocenters. The first-order valence-electron chi connectivity index (χ1n) is 6.85. The van der Waals surface area contributed by atoms with Crippen LogP contribution in [0, 0.1) is 11.8 Å². The number of rotatable bonds is 1. The van der Waals surface area contributed by atoms with E-state index in [1.165, 1.54) is 12.1 Å². The molecule has 0 spiro atoms. The number of phenolic OH excluding ortho intramolecular Hbond substituents is 1. The lowest BCUT2D eigenvalue weighted by molar-refractivity contribution is -0.118. The minimum absolute atomic E-state index is 0.0230. The van der Waals surface area contributed by atoms with E-state index in [2.05, 4.69) is 8.86 Å². The number of aliphatic hydroxyl groups excluding tert-OH is 1. The van der Waals surface area contributed by atoms with Crippen molar-refractivity contribution in [3.8, 4) is 5.75 Å². The lowest BCUT2D eigenvalue weighted by atomic mass is 9.82. The number of aromatic hydroxyl groups is 1. The van der Waals surface area contributed by atoms with Gasteiger partial charge in [-0.15, -0.1) is 8.86 Å². The van der Waals surface area contributed by atoms with E-state index in [0.29, 0.717) is 0 Å². The zero-order chi connectivity index (χ0) is 15.3. The Morgan fingerprint density at radius 1 is 1.24 bits per heavy atom. The number of nitrogen functional groups attached to an aromatic ring is 2. The summed E-state index contributed by atoms with van der Waals surface area (Å²) in [4.78, 5) is 12.5. The van der Waals surface area contributed by atoms with E-state index in [4.69, 9.17) is 11.5 Å². The number of phenols is 1. The van der Waals surface area contributed by atoms with E-state index in [1.54, 1.807) is 0 Å². The normalized spacial score (nSPS) is 27.0. The molecule has 3 rings (SSSR count). The summed E-state index contributed by atoms with van der Waals surface area (Å²) in [6.07, 6.45) is 2.61. The summed E-state index contributed by atoms with van der Waals surface area (Å²) in [6.45, 7) is 0. The Kier molecular flexibility index (Phi) is 3.18. The van der Waals surface area contributed by atoms with Gasteiger partial charge in [0.15, 0.2) is 11.5 Å². The number of benzene rings is 1. The van der Waals surface area contributed by atoms with Gasteiger partial charge in [-0.1, -0.05) is 0 Å². The van der Waals surface area contributed by atoms with Crippen LogP contribution >= 0.6 is 8.86 Å². The second-order valence-corrected chi connectivity index (χ2v) is 6.21. The Balaban J connectivity index is 2.16. The maximum Gasteiger partial charge on any atom is 0.170 e. The third kappa shape index (κ3) is 2.00. The van der Waals surface area contributed by atoms with Crippen molar-refractivity contribution in [2.75, 3.05) is 11.5 Å². The van der Waals surface area contributed by atoms with Crippen molar-refractivity contribution in [2.24, 2.45) is 11.8 Å². The predicted molar refractivity (Wildman–Crippen MR) is 85.6 cm³/mol. The smallest absolute Gasteiger partial charge is 0.170 e. The molecule has 6 heteroatoms. The van der Waals surface area contributed by atoms with Gasteiger partial charge in [-0.3, -0.25) is 4.79 Å². The molecule has 0 aromatic heterocycles. The van der Waals surface area contributed by atoms with Gasteiger partial charge < -0.3 is 21.7 Å².